The van der Waals surface area contributed by atoms with Crippen molar-refractivity contribution in [3.63, 3.8) is 0 Å². The highest BCUT2D eigenvalue weighted by molar-refractivity contribution is 6.30. The molecule has 18 heavy (non-hydrogen) atoms. The number of pyridine rings is 1. The summed E-state index contributed by atoms with van der Waals surface area (Å²) in [4.78, 5) is 4.06. The number of aromatic nitrogens is 1. The molecule has 1 aromatic rings. The van der Waals surface area contributed by atoms with E-state index < -0.39 is 0 Å². The van der Waals surface area contributed by atoms with Crippen LogP contribution in [-0.4, -0.2) is 17.2 Å². The van der Waals surface area contributed by atoms with Crippen LogP contribution in [0.25, 0.3) is 0 Å². The highest BCUT2D eigenvalue weighted by atomic mass is 35.5. The number of hydrogen-bond donors (Lipinski definition) is 2. The van der Waals surface area contributed by atoms with Gasteiger partial charge < -0.3 is 10.7 Å². The van der Waals surface area contributed by atoms with Gasteiger partial charge in [0, 0.05) is 31.1 Å². The van der Waals surface area contributed by atoms with Gasteiger partial charge in [-0.15, -0.1) is 0 Å². The summed E-state index contributed by atoms with van der Waals surface area (Å²) in [6.45, 7) is 2.81. The average Bonchev–Trinajstić information content (AvgIpc) is 3.14. The Morgan fingerprint density at radius 1 is 1.61 bits per heavy atom. The minimum atomic E-state index is 0.520. The molecule has 2 N–H and O–H groups in total. The molecule has 96 valence electrons. The average molecular weight is 264 g/mol. The summed E-state index contributed by atoms with van der Waals surface area (Å²) >= 11 is 6.04. The van der Waals surface area contributed by atoms with Crippen molar-refractivity contribution < 1.29 is 0 Å². The number of nitrogens with zero attached hydrogens (tertiary/aromatic N) is 1. The lowest BCUT2D eigenvalue weighted by molar-refractivity contribution is 0.743. The van der Waals surface area contributed by atoms with Gasteiger partial charge in [-0.25, -0.2) is 4.98 Å². The zero-order valence-corrected chi connectivity index (χ0v) is 11.3. The van der Waals surface area contributed by atoms with E-state index >= 15 is 0 Å². The summed E-state index contributed by atoms with van der Waals surface area (Å²) in [6, 6.07) is 3.82. The predicted molar refractivity (Wildman–Crippen MR) is 75.2 cm³/mol. The fourth-order valence-corrected chi connectivity index (χ4v) is 1.91. The van der Waals surface area contributed by atoms with Crippen molar-refractivity contribution in [3.8, 4) is 0 Å². The van der Waals surface area contributed by atoms with Gasteiger partial charge in [0.2, 0.25) is 0 Å². The Morgan fingerprint density at radius 2 is 2.39 bits per heavy atom. The molecular formula is C14H18ClN3. The molecular weight excluding hydrogens is 246 g/mol. The number of nitrogens with one attached hydrogen (secondary N) is 2. The molecule has 0 aromatic carbocycles. The van der Waals surface area contributed by atoms with Crippen molar-refractivity contribution in [2.45, 2.75) is 26.2 Å². The van der Waals surface area contributed by atoms with Crippen LogP contribution >= 0.6 is 11.6 Å². The van der Waals surface area contributed by atoms with E-state index in [0.29, 0.717) is 17.3 Å². The van der Waals surface area contributed by atoms with E-state index in [-0.39, 0.29) is 0 Å². The second-order valence-electron chi connectivity index (χ2n) is 4.78. The van der Waals surface area contributed by atoms with Crippen molar-refractivity contribution in [2.24, 2.45) is 5.92 Å². The minimum absolute atomic E-state index is 0.520. The first-order chi connectivity index (χ1) is 8.66. The zero-order chi connectivity index (χ0) is 13.0. The molecule has 2 rings (SSSR count). The van der Waals surface area contributed by atoms with E-state index in [1.807, 2.05) is 18.3 Å². The van der Waals surface area contributed by atoms with Crippen LogP contribution in [0.3, 0.4) is 0 Å². The van der Waals surface area contributed by atoms with E-state index in [0.717, 1.165) is 23.6 Å². The number of rotatable bonds is 6. The number of halogens is 1. The van der Waals surface area contributed by atoms with Crippen LogP contribution in [0.2, 0.25) is 5.15 Å². The summed E-state index contributed by atoms with van der Waals surface area (Å²) < 4.78 is 0. The second-order valence-corrected chi connectivity index (χ2v) is 5.13. The van der Waals surface area contributed by atoms with Crippen molar-refractivity contribution in [2.75, 3.05) is 6.54 Å². The Morgan fingerprint density at radius 3 is 3.00 bits per heavy atom. The second kappa shape index (κ2) is 6.01. The van der Waals surface area contributed by atoms with Crippen molar-refractivity contribution in [3.05, 3.63) is 40.8 Å². The lowest BCUT2D eigenvalue weighted by atomic mass is 10.0. The van der Waals surface area contributed by atoms with Crippen LogP contribution in [-0.2, 0) is 6.42 Å². The maximum Gasteiger partial charge on any atom is 0.132 e. The number of allylic oxidation sites excluding steroid dienone is 1. The topological polar surface area (TPSA) is 48.8 Å². The summed E-state index contributed by atoms with van der Waals surface area (Å²) in [5.41, 5.74) is 2.49. The standard InChI is InChI=1S/C14H18ClN3/c1-10(16)13(9-17-8-11-4-5-11)7-12-3-2-6-18-14(12)15/h2-3,6,9,11,16-17H,4-5,7-8H2,1H3/b13-9-,16-10?. The van der Waals surface area contributed by atoms with Crippen LogP contribution in [0.4, 0.5) is 0 Å². The molecule has 1 heterocycles. The fourth-order valence-electron chi connectivity index (χ4n) is 1.72. The molecule has 0 unspecified atom stereocenters. The maximum absolute atomic E-state index is 7.80. The van der Waals surface area contributed by atoms with Gasteiger partial charge in [-0.2, -0.15) is 0 Å². The summed E-state index contributed by atoms with van der Waals surface area (Å²) in [5.74, 6) is 0.829. The molecule has 0 saturated heterocycles. The summed E-state index contributed by atoms with van der Waals surface area (Å²) in [6.07, 6.45) is 6.93. The van der Waals surface area contributed by atoms with Crippen molar-refractivity contribution in [1.82, 2.24) is 10.3 Å². The Labute approximate surface area is 113 Å². The molecule has 1 fully saturated rings. The Bertz CT molecular complexity index is 464. The molecule has 1 aromatic heterocycles. The van der Waals surface area contributed by atoms with Gasteiger partial charge in [0.1, 0.15) is 5.15 Å². The van der Waals surface area contributed by atoms with E-state index in [4.69, 9.17) is 17.0 Å². The Balaban J connectivity index is 2.00. The predicted octanol–water partition coefficient (Wildman–Crippen LogP) is 3.20. The van der Waals surface area contributed by atoms with Crippen molar-refractivity contribution in [1.29, 1.82) is 5.41 Å². The SMILES string of the molecule is CC(=N)/C(=C\NCC1CC1)Cc1cccnc1Cl. The van der Waals surface area contributed by atoms with Gasteiger partial charge in [-0.05, 0) is 42.9 Å². The van der Waals surface area contributed by atoms with E-state index in [9.17, 15) is 0 Å². The summed E-state index contributed by atoms with van der Waals surface area (Å²) in [5, 5.41) is 11.6. The summed E-state index contributed by atoms with van der Waals surface area (Å²) in [7, 11) is 0. The Kier molecular flexibility index (Phi) is 4.37. The van der Waals surface area contributed by atoms with Gasteiger partial charge in [-0.3, -0.25) is 0 Å². The molecule has 0 atom stereocenters. The molecule has 0 bridgehead atoms. The third kappa shape index (κ3) is 3.84. The first kappa shape index (κ1) is 13.1. The first-order valence-electron chi connectivity index (χ1n) is 6.24. The largest absolute Gasteiger partial charge is 0.390 e. The smallest absolute Gasteiger partial charge is 0.132 e. The van der Waals surface area contributed by atoms with E-state index in [2.05, 4.69) is 10.3 Å². The monoisotopic (exact) mass is 263 g/mol. The molecule has 4 heteroatoms. The quantitative estimate of drug-likeness (QED) is 0.612. The fraction of sp³-hybridized carbons (Fsp3) is 0.429. The van der Waals surface area contributed by atoms with Crippen LogP contribution < -0.4 is 5.32 Å². The maximum atomic E-state index is 7.80. The molecule has 1 aliphatic carbocycles. The highest BCUT2D eigenvalue weighted by Crippen LogP contribution is 2.27. The van der Waals surface area contributed by atoms with Crippen LogP contribution in [0.1, 0.15) is 25.3 Å². The first-order valence-corrected chi connectivity index (χ1v) is 6.62. The Hall–Kier alpha value is -1.35. The van der Waals surface area contributed by atoms with Crippen LogP contribution in [0.5, 0.6) is 0 Å². The highest BCUT2D eigenvalue weighted by Gasteiger charge is 2.20. The molecule has 0 spiro atoms. The van der Waals surface area contributed by atoms with Crippen molar-refractivity contribution >= 4 is 17.3 Å². The van der Waals surface area contributed by atoms with Gasteiger partial charge in [0.05, 0.1) is 0 Å². The third-order valence-corrected chi connectivity index (χ3v) is 3.42. The lowest BCUT2D eigenvalue weighted by Gasteiger charge is -2.08. The minimum Gasteiger partial charge on any atom is -0.390 e. The normalized spacial score (nSPS) is 15.6. The lowest BCUT2D eigenvalue weighted by Crippen LogP contribution is -2.13. The van der Waals surface area contributed by atoms with Gasteiger partial charge in [0.25, 0.3) is 0 Å². The van der Waals surface area contributed by atoms with E-state index in [1.165, 1.54) is 12.8 Å². The van der Waals surface area contributed by atoms with Gasteiger partial charge in [0.15, 0.2) is 0 Å². The third-order valence-electron chi connectivity index (χ3n) is 3.08. The van der Waals surface area contributed by atoms with Crippen LogP contribution in [0.15, 0.2) is 30.1 Å². The molecule has 0 aliphatic heterocycles. The van der Waals surface area contributed by atoms with E-state index in [1.54, 1.807) is 13.1 Å². The molecule has 3 nitrogen and oxygen atoms in total. The zero-order valence-electron chi connectivity index (χ0n) is 10.5. The number of hydrogen-bond acceptors (Lipinski definition) is 3. The molecule has 0 amide bonds. The molecule has 0 radical (unpaired) electrons. The molecule has 1 aliphatic rings. The molecule has 1 saturated carbocycles. The van der Waals surface area contributed by atoms with Gasteiger partial charge in [-0.1, -0.05) is 17.7 Å². The van der Waals surface area contributed by atoms with Gasteiger partial charge >= 0.3 is 0 Å². The van der Waals surface area contributed by atoms with Crippen LogP contribution in [0, 0.1) is 11.3 Å².